The molecule has 2 aromatic rings. The van der Waals surface area contributed by atoms with Crippen LogP contribution in [0, 0.1) is 5.92 Å². The van der Waals surface area contributed by atoms with E-state index in [1.54, 1.807) is 0 Å². The maximum atomic E-state index is 13.5. The normalized spacial score (nSPS) is 25.1. The summed E-state index contributed by atoms with van der Waals surface area (Å²) in [4.78, 5) is 25.7. The van der Waals surface area contributed by atoms with Crippen molar-refractivity contribution < 1.29 is 37.1 Å². The topological polar surface area (TPSA) is 92.9 Å². The van der Waals surface area contributed by atoms with Crippen molar-refractivity contribution in [2.75, 3.05) is 6.54 Å². The highest BCUT2D eigenvalue weighted by atomic mass is 19.4. The molecule has 1 amide bonds. The fourth-order valence-electron chi connectivity index (χ4n) is 4.73. The van der Waals surface area contributed by atoms with Gasteiger partial charge in [-0.3, -0.25) is 0 Å². The van der Waals surface area contributed by atoms with Crippen LogP contribution in [0.5, 0.6) is 0 Å². The Hall–Kier alpha value is -3.04. The third-order valence-electron chi connectivity index (χ3n) is 6.34. The number of alkyl halides is 3. The van der Waals surface area contributed by atoms with Gasteiger partial charge in [-0.2, -0.15) is 13.2 Å². The molecule has 164 valence electrons. The van der Waals surface area contributed by atoms with Gasteiger partial charge in [0.25, 0.3) is 0 Å². The van der Waals surface area contributed by atoms with Crippen molar-refractivity contribution in [1.29, 1.82) is 0 Å². The Morgan fingerprint density at radius 3 is 2.55 bits per heavy atom. The molecule has 1 N–H and O–H groups in total. The number of piperidine rings is 1. The van der Waals surface area contributed by atoms with Crippen molar-refractivity contribution in [1.82, 2.24) is 10.1 Å². The highest BCUT2D eigenvalue weighted by molar-refractivity contribution is 5.98. The number of amides is 1. The largest absolute Gasteiger partial charge is 0.465 e. The van der Waals surface area contributed by atoms with Crippen LogP contribution in [-0.2, 0) is 10.9 Å². The average Bonchev–Trinajstić information content (AvgIpc) is 3.16. The molecule has 3 atom stereocenters. The molecule has 1 aromatic heterocycles. The molecule has 0 radical (unpaired) electrons. The van der Waals surface area contributed by atoms with E-state index in [0.717, 1.165) is 18.9 Å². The van der Waals surface area contributed by atoms with Gasteiger partial charge in [0, 0.05) is 36.4 Å². The van der Waals surface area contributed by atoms with Crippen LogP contribution in [0.1, 0.15) is 53.3 Å². The molecular weight excluding hydrogens is 417 g/mol. The molecule has 1 saturated heterocycles. The summed E-state index contributed by atoms with van der Waals surface area (Å²) in [6, 6.07) is 4.70. The second kappa shape index (κ2) is 7.00. The number of esters is 1. The lowest BCUT2D eigenvalue weighted by molar-refractivity contribution is -0.137. The summed E-state index contributed by atoms with van der Waals surface area (Å²) in [6.45, 7) is 0.279. The summed E-state index contributed by atoms with van der Waals surface area (Å²) >= 11 is 0. The number of benzene rings is 1. The lowest BCUT2D eigenvalue weighted by Gasteiger charge is -2.29. The first-order valence-electron chi connectivity index (χ1n) is 10.1. The van der Waals surface area contributed by atoms with E-state index >= 15 is 0 Å². The summed E-state index contributed by atoms with van der Waals surface area (Å²) < 4.78 is 51.7. The molecule has 3 aliphatic rings. The Morgan fingerprint density at radius 1 is 1.19 bits per heavy atom. The highest BCUT2D eigenvalue weighted by Crippen LogP contribution is 2.47. The minimum atomic E-state index is -4.62. The highest BCUT2D eigenvalue weighted by Gasteiger charge is 2.49. The number of aromatic nitrogens is 1. The fourth-order valence-corrected chi connectivity index (χ4v) is 4.73. The number of halogens is 3. The van der Waals surface area contributed by atoms with Crippen LogP contribution in [0.2, 0.25) is 0 Å². The molecule has 5 rings (SSSR count). The van der Waals surface area contributed by atoms with E-state index in [1.807, 2.05) is 0 Å². The lowest BCUT2D eigenvalue weighted by Crippen LogP contribution is -2.42. The summed E-state index contributed by atoms with van der Waals surface area (Å²) in [6.07, 6.45) is -3.61. The smallest absolute Gasteiger partial charge is 0.417 e. The minimum absolute atomic E-state index is 0.0583. The van der Waals surface area contributed by atoms with Crippen molar-refractivity contribution in [3.8, 4) is 11.3 Å². The summed E-state index contributed by atoms with van der Waals surface area (Å²) in [5, 5.41) is 13.1. The number of rotatable bonds is 4. The molecule has 31 heavy (non-hydrogen) atoms. The van der Waals surface area contributed by atoms with E-state index in [9.17, 15) is 27.9 Å². The van der Waals surface area contributed by atoms with Gasteiger partial charge in [-0.05, 0) is 25.3 Å². The molecule has 7 nitrogen and oxygen atoms in total. The van der Waals surface area contributed by atoms with Gasteiger partial charge < -0.3 is 19.3 Å². The van der Waals surface area contributed by atoms with Crippen molar-refractivity contribution >= 4 is 12.1 Å². The first kappa shape index (κ1) is 19.9. The molecule has 2 heterocycles. The third-order valence-corrected chi connectivity index (χ3v) is 6.34. The predicted octanol–water partition coefficient (Wildman–Crippen LogP) is 4.54. The minimum Gasteiger partial charge on any atom is -0.465 e. The molecule has 10 heteroatoms. The van der Waals surface area contributed by atoms with Crippen LogP contribution < -0.4 is 0 Å². The Kier molecular flexibility index (Phi) is 4.49. The molecular formula is C21H19F3N2O5. The standard InChI is InChI=1S/C21H19F3N2O5/c22-21(23,24)14-4-2-1-3-13(14)17-16(18(31-25-17)10-5-6-10)19(27)30-15-8-12-7-11(15)9-26(12)20(28)29/h1-4,10-12,15H,5-9H2,(H,28,29)/t11-,12-,15+/m0/s1. The SMILES string of the molecule is O=C(O[C@@H]1C[C@@H]2C[C@H]1CN2C(=O)O)c1c(-c2ccccc2C(F)(F)F)noc1C1CC1. The van der Waals surface area contributed by atoms with E-state index in [-0.39, 0.29) is 47.0 Å². The van der Waals surface area contributed by atoms with Crippen LogP contribution in [0.3, 0.4) is 0 Å². The first-order valence-corrected chi connectivity index (χ1v) is 10.1. The molecule has 2 saturated carbocycles. The van der Waals surface area contributed by atoms with Gasteiger partial charge in [0.05, 0.1) is 5.56 Å². The number of likely N-dealkylation sites (tertiary alicyclic amines) is 1. The maximum Gasteiger partial charge on any atom is 0.417 e. The van der Waals surface area contributed by atoms with E-state index in [1.165, 1.54) is 23.1 Å². The van der Waals surface area contributed by atoms with Gasteiger partial charge in [-0.25, -0.2) is 9.59 Å². The number of ether oxygens (including phenoxy) is 1. The van der Waals surface area contributed by atoms with Crippen LogP contribution in [-0.4, -0.2) is 45.9 Å². The van der Waals surface area contributed by atoms with E-state index in [2.05, 4.69) is 5.16 Å². The van der Waals surface area contributed by atoms with Crippen molar-refractivity contribution in [3.05, 3.63) is 41.2 Å². The zero-order valence-electron chi connectivity index (χ0n) is 16.3. The van der Waals surface area contributed by atoms with E-state index in [0.29, 0.717) is 12.8 Å². The number of carbonyl (C=O) groups excluding carboxylic acids is 1. The lowest BCUT2D eigenvalue weighted by atomic mass is 9.99. The van der Waals surface area contributed by atoms with Gasteiger partial charge in [0.1, 0.15) is 17.4 Å². The number of hydrogen-bond donors (Lipinski definition) is 1. The average molecular weight is 436 g/mol. The molecule has 1 aliphatic heterocycles. The molecule has 0 unspecified atom stereocenters. The van der Waals surface area contributed by atoms with Crippen LogP contribution in [0.15, 0.2) is 28.8 Å². The van der Waals surface area contributed by atoms with Crippen molar-refractivity contribution in [3.63, 3.8) is 0 Å². The maximum absolute atomic E-state index is 13.5. The summed E-state index contributed by atoms with van der Waals surface area (Å²) in [5.74, 6) is -0.702. The van der Waals surface area contributed by atoms with Crippen LogP contribution >= 0.6 is 0 Å². The molecule has 2 bridgehead atoms. The van der Waals surface area contributed by atoms with Gasteiger partial charge in [-0.15, -0.1) is 0 Å². The summed E-state index contributed by atoms with van der Waals surface area (Å²) in [7, 11) is 0. The number of carboxylic acid groups (broad SMARTS) is 1. The van der Waals surface area contributed by atoms with Gasteiger partial charge >= 0.3 is 18.2 Å². The van der Waals surface area contributed by atoms with Crippen LogP contribution in [0.25, 0.3) is 11.3 Å². The zero-order valence-corrected chi connectivity index (χ0v) is 16.3. The Balaban J connectivity index is 1.46. The number of fused-ring (bicyclic) bond motifs is 2. The molecule has 3 fully saturated rings. The van der Waals surface area contributed by atoms with Crippen molar-refractivity contribution in [2.45, 2.75) is 49.9 Å². The predicted molar refractivity (Wildman–Crippen MR) is 99.4 cm³/mol. The zero-order chi connectivity index (χ0) is 21.9. The van der Waals surface area contributed by atoms with Gasteiger partial charge in [0.15, 0.2) is 5.76 Å². The monoisotopic (exact) mass is 436 g/mol. The number of hydrogen-bond acceptors (Lipinski definition) is 5. The molecule has 0 spiro atoms. The summed E-state index contributed by atoms with van der Waals surface area (Å²) in [5.41, 5.74) is -1.37. The Morgan fingerprint density at radius 2 is 1.94 bits per heavy atom. The third kappa shape index (κ3) is 3.43. The second-order valence-corrected chi connectivity index (χ2v) is 8.35. The van der Waals surface area contributed by atoms with Crippen molar-refractivity contribution in [2.24, 2.45) is 5.92 Å². The van der Waals surface area contributed by atoms with Crippen LogP contribution in [0.4, 0.5) is 18.0 Å². The number of nitrogens with zero attached hydrogens (tertiary/aromatic N) is 2. The molecule has 2 aliphatic carbocycles. The van der Waals surface area contributed by atoms with E-state index < -0.39 is 29.9 Å². The first-order chi connectivity index (χ1) is 14.7. The second-order valence-electron chi connectivity index (χ2n) is 8.35. The van der Waals surface area contributed by atoms with Gasteiger partial charge in [0.2, 0.25) is 0 Å². The Bertz CT molecular complexity index is 1050. The van der Waals surface area contributed by atoms with E-state index in [4.69, 9.17) is 9.26 Å². The quantitative estimate of drug-likeness (QED) is 0.708. The Labute approximate surface area is 174 Å². The van der Waals surface area contributed by atoms with Gasteiger partial charge in [-0.1, -0.05) is 23.4 Å². The molecule has 1 aromatic carbocycles. The number of carbonyl (C=O) groups is 2. The fraction of sp³-hybridized carbons (Fsp3) is 0.476.